The standard InChI is InChI=1S/C63H60N4O/c1-60(2,3)47-37-38-64-57(40-47)67-55-34-20-19-33-53(55)54-36-35-52(42-56(54)67)68-51-32-22-31-50(41-51)66-43-65(49-30-21-29-48(39-49)61(4,5)44-23-13-10-14-24-44)58(62(6,7)45-25-15-11-16-26-45)59(66)63(8,9)46-27-17-12-18-28-46/h10-42H,1-9H3. The van der Waals surface area contributed by atoms with Crippen LogP contribution in [0.3, 0.4) is 0 Å². The molecule has 0 atom stereocenters. The van der Waals surface area contributed by atoms with Crippen molar-refractivity contribution >= 4 is 21.8 Å². The van der Waals surface area contributed by atoms with Crippen molar-refractivity contribution in [1.82, 2.24) is 14.1 Å². The zero-order chi connectivity index (χ0) is 47.4. The van der Waals surface area contributed by atoms with Crippen LogP contribution >= 0.6 is 0 Å². The Morgan fingerprint density at radius 2 is 1.03 bits per heavy atom. The van der Waals surface area contributed by atoms with Crippen molar-refractivity contribution < 1.29 is 9.30 Å². The summed E-state index contributed by atoms with van der Waals surface area (Å²) in [6, 6.07) is 69.3. The zero-order valence-electron chi connectivity index (χ0n) is 40.7. The van der Waals surface area contributed by atoms with Gasteiger partial charge in [0.15, 0.2) is 0 Å². The molecule has 5 nitrogen and oxygen atoms in total. The molecule has 0 radical (unpaired) electrons. The number of ether oxygens (including phenoxy) is 1. The van der Waals surface area contributed by atoms with Crippen LogP contribution in [0.4, 0.5) is 0 Å². The monoisotopic (exact) mass is 888 g/mol. The minimum Gasteiger partial charge on any atom is -0.458 e. The van der Waals surface area contributed by atoms with E-state index in [1.54, 1.807) is 0 Å². The maximum absolute atomic E-state index is 6.91. The molecule has 0 N–H and O–H groups in total. The van der Waals surface area contributed by atoms with Crippen LogP contribution in [0.1, 0.15) is 102 Å². The van der Waals surface area contributed by atoms with Crippen LogP contribution < -0.4 is 9.30 Å². The molecule has 68 heavy (non-hydrogen) atoms. The summed E-state index contributed by atoms with van der Waals surface area (Å²) in [5.41, 5.74) is 11.4. The van der Waals surface area contributed by atoms with E-state index in [1.807, 2.05) is 12.3 Å². The van der Waals surface area contributed by atoms with Gasteiger partial charge >= 0.3 is 0 Å². The van der Waals surface area contributed by atoms with E-state index in [2.05, 4.69) is 270 Å². The maximum atomic E-state index is 6.91. The van der Waals surface area contributed by atoms with Gasteiger partial charge in [0.2, 0.25) is 0 Å². The second kappa shape index (κ2) is 17.0. The molecule has 0 saturated heterocycles. The average molecular weight is 889 g/mol. The van der Waals surface area contributed by atoms with Gasteiger partial charge in [-0.25, -0.2) is 4.98 Å². The molecule has 0 bridgehead atoms. The molecule has 0 spiro atoms. The Hall–Kier alpha value is -7.50. The van der Waals surface area contributed by atoms with Crippen molar-refractivity contribution in [3.63, 3.8) is 0 Å². The lowest BCUT2D eigenvalue weighted by atomic mass is 9.73. The number of rotatable bonds is 11. The summed E-state index contributed by atoms with van der Waals surface area (Å²) in [6.07, 6.45) is 5.91. The molecule has 0 amide bonds. The van der Waals surface area contributed by atoms with Gasteiger partial charge in [-0.05, 0) is 93.9 Å². The molecule has 10 rings (SSSR count). The molecular formula is C63H60N4O. The number of fused-ring (bicyclic) bond motifs is 3. The van der Waals surface area contributed by atoms with Crippen molar-refractivity contribution in [2.45, 2.75) is 84.0 Å². The fourth-order valence-electron chi connectivity index (χ4n) is 10.1. The highest BCUT2D eigenvalue weighted by Gasteiger charge is 2.40. The van der Waals surface area contributed by atoms with E-state index in [9.17, 15) is 0 Å². The highest BCUT2D eigenvalue weighted by atomic mass is 16.5. The van der Waals surface area contributed by atoms with Crippen LogP contribution in [0.25, 0.3) is 39.0 Å². The van der Waals surface area contributed by atoms with Gasteiger partial charge in [-0.15, -0.1) is 0 Å². The Balaban J connectivity index is 1.15. The first-order valence-corrected chi connectivity index (χ1v) is 23.8. The molecule has 3 heterocycles. The number of imidazole rings is 1. The van der Waals surface area contributed by atoms with E-state index >= 15 is 0 Å². The third kappa shape index (κ3) is 7.90. The molecule has 10 aromatic rings. The quantitative estimate of drug-likeness (QED) is 0.0958. The smallest absolute Gasteiger partial charge is 0.269 e. The third-order valence-electron chi connectivity index (χ3n) is 14.2. The first-order chi connectivity index (χ1) is 32.6. The first kappa shape index (κ1) is 44.3. The van der Waals surface area contributed by atoms with Crippen LogP contribution in [-0.4, -0.2) is 14.1 Å². The van der Waals surface area contributed by atoms with Crippen LogP contribution in [0.2, 0.25) is 0 Å². The third-order valence-corrected chi connectivity index (χ3v) is 14.2. The van der Waals surface area contributed by atoms with E-state index in [4.69, 9.17) is 9.72 Å². The van der Waals surface area contributed by atoms with Crippen molar-refractivity contribution in [1.29, 1.82) is 0 Å². The summed E-state index contributed by atoms with van der Waals surface area (Å²) < 4.78 is 13.8. The van der Waals surface area contributed by atoms with Crippen LogP contribution in [0.5, 0.6) is 11.5 Å². The molecule has 0 saturated carbocycles. The van der Waals surface area contributed by atoms with Crippen LogP contribution in [0.15, 0.2) is 200 Å². The zero-order valence-corrected chi connectivity index (χ0v) is 40.7. The maximum Gasteiger partial charge on any atom is 0.269 e. The summed E-state index contributed by atoms with van der Waals surface area (Å²) in [7, 11) is 0. The Morgan fingerprint density at radius 3 is 1.71 bits per heavy atom. The van der Waals surface area contributed by atoms with Gasteiger partial charge < -0.3 is 4.74 Å². The number of benzene rings is 7. The minimum atomic E-state index is -0.473. The van der Waals surface area contributed by atoms with Gasteiger partial charge in [0, 0.05) is 39.3 Å². The number of hydrogen-bond donors (Lipinski definition) is 0. The fourth-order valence-corrected chi connectivity index (χ4v) is 10.1. The molecule has 7 aromatic carbocycles. The Bertz CT molecular complexity index is 3420. The lowest BCUT2D eigenvalue weighted by molar-refractivity contribution is -0.611. The molecule has 0 aliphatic rings. The largest absolute Gasteiger partial charge is 0.458 e. The molecule has 0 aliphatic carbocycles. The fraction of sp³-hybridized carbons (Fsp3) is 0.206. The topological polar surface area (TPSA) is 35.9 Å². The SMILES string of the molecule is CC(C)(C)c1ccnc(-n2c3ccccc3c3ccc(Oc4cccc(-n5[c-][n+](-c6cccc(C(C)(C)c7ccccc7)c6)c(C(C)(C)c6ccccc6)c5C(C)(C)c5ccccc5)c4)cc32)c1. The lowest BCUT2D eigenvalue weighted by Gasteiger charge is -2.35. The summed E-state index contributed by atoms with van der Waals surface area (Å²) in [5, 5.41) is 2.32. The summed E-state index contributed by atoms with van der Waals surface area (Å²) >= 11 is 0. The van der Waals surface area contributed by atoms with Crippen LogP contribution in [-0.2, 0) is 21.7 Å². The number of nitrogens with zero attached hydrogens (tertiary/aromatic N) is 4. The van der Waals surface area contributed by atoms with Crippen LogP contribution in [0, 0.1) is 6.33 Å². The number of aromatic nitrogens is 4. The van der Waals surface area contributed by atoms with Crippen molar-refractivity contribution in [2.75, 3.05) is 0 Å². The lowest BCUT2D eigenvalue weighted by Crippen LogP contribution is -2.43. The van der Waals surface area contributed by atoms with Crippen molar-refractivity contribution in [3.05, 3.63) is 246 Å². The first-order valence-electron chi connectivity index (χ1n) is 23.8. The predicted molar refractivity (Wildman–Crippen MR) is 279 cm³/mol. The van der Waals surface area contributed by atoms with Gasteiger partial charge in [-0.1, -0.05) is 190 Å². The minimum absolute atomic E-state index is 0.0241. The van der Waals surface area contributed by atoms with E-state index in [0.717, 1.165) is 56.5 Å². The Kier molecular flexibility index (Phi) is 11.1. The molecule has 3 aromatic heterocycles. The van der Waals surface area contributed by atoms with Gasteiger partial charge in [0.05, 0.1) is 33.8 Å². The van der Waals surface area contributed by atoms with E-state index in [1.165, 1.54) is 33.2 Å². The number of hydrogen-bond acceptors (Lipinski definition) is 2. The molecule has 338 valence electrons. The molecule has 0 unspecified atom stereocenters. The van der Waals surface area contributed by atoms with Crippen molar-refractivity contribution in [3.8, 4) is 28.7 Å². The summed E-state index contributed by atoms with van der Waals surface area (Å²) in [6.45, 7) is 20.7. The van der Waals surface area contributed by atoms with Gasteiger partial charge in [0.1, 0.15) is 17.3 Å². The summed E-state index contributed by atoms with van der Waals surface area (Å²) in [4.78, 5) is 4.92. The average Bonchev–Trinajstić information content (AvgIpc) is 3.93. The van der Waals surface area contributed by atoms with Gasteiger partial charge in [-0.3, -0.25) is 13.7 Å². The Labute approximate surface area is 402 Å². The van der Waals surface area contributed by atoms with Gasteiger partial charge in [0.25, 0.3) is 6.33 Å². The normalized spacial score (nSPS) is 12.5. The van der Waals surface area contributed by atoms with Crippen molar-refractivity contribution in [2.24, 2.45) is 0 Å². The highest BCUT2D eigenvalue weighted by molar-refractivity contribution is 6.09. The second-order valence-electron chi connectivity index (χ2n) is 20.8. The van der Waals surface area contributed by atoms with Gasteiger partial charge in [-0.2, -0.15) is 0 Å². The second-order valence-corrected chi connectivity index (χ2v) is 20.8. The highest BCUT2D eigenvalue weighted by Crippen LogP contribution is 2.43. The number of para-hydroxylation sites is 1. The van der Waals surface area contributed by atoms with E-state index in [-0.39, 0.29) is 10.8 Å². The molecule has 0 fully saturated rings. The van der Waals surface area contributed by atoms with E-state index in [0.29, 0.717) is 0 Å². The van der Waals surface area contributed by atoms with E-state index < -0.39 is 10.8 Å². The predicted octanol–water partition coefficient (Wildman–Crippen LogP) is 15.1. The molecule has 0 aliphatic heterocycles. The molecule has 5 heteroatoms. The number of pyridine rings is 1. The summed E-state index contributed by atoms with van der Waals surface area (Å²) in [5.74, 6) is 2.35. The Morgan fingerprint density at radius 1 is 0.456 bits per heavy atom. The molecular weight excluding hydrogens is 829 g/mol.